The lowest BCUT2D eigenvalue weighted by Crippen LogP contribution is -1.76. The van der Waals surface area contributed by atoms with Gasteiger partial charge in [0.15, 0.2) is 0 Å². The van der Waals surface area contributed by atoms with Crippen LogP contribution in [0.3, 0.4) is 0 Å². The van der Waals surface area contributed by atoms with Gasteiger partial charge in [-0.2, -0.15) is 0 Å². The number of hydrogen-bond acceptors (Lipinski definition) is 1. The Hall–Kier alpha value is -0.890. The van der Waals surface area contributed by atoms with Crippen LogP contribution in [0.2, 0.25) is 0 Å². The minimum absolute atomic E-state index is 0.561. The second-order valence-electron chi connectivity index (χ2n) is 3.08. The largest absolute Gasteiger partial charge is 0.298 e. The van der Waals surface area contributed by atoms with Crippen molar-refractivity contribution in [2.45, 2.75) is 18.2 Å². The van der Waals surface area contributed by atoms with Crippen molar-refractivity contribution in [1.29, 1.82) is 0 Å². The molecule has 0 amide bonds. The Morgan fingerprint density at radius 1 is 1.50 bits per heavy atom. The molecule has 1 aliphatic rings. The van der Waals surface area contributed by atoms with Crippen LogP contribution in [0, 0.1) is 0 Å². The lowest BCUT2D eigenvalue weighted by atomic mass is 10.2. The first-order chi connectivity index (χ1) is 6.77. The number of carbonyl (C=O) groups is 1. The summed E-state index contributed by atoms with van der Waals surface area (Å²) in [5.41, 5.74) is 2.07. The van der Waals surface area contributed by atoms with E-state index in [1.807, 2.05) is 37.3 Å². The third-order valence-electron chi connectivity index (χ3n) is 1.87. The lowest BCUT2D eigenvalue weighted by molar-refractivity contribution is -0.104. The van der Waals surface area contributed by atoms with E-state index in [-0.39, 0.29) is 0 Å². The monoisotopic (exact) mass is 252 g/mol. The predicted molar refractivity (Wildman–Crippen MR) is 63.5 cm³/mol. The number of alkyl halides is 1. The fourth-order valence-electron chi connectivity index (χ4n) is 0.945. The van der Waals surface area contributed by atoms with Crippen molar-refractivity contribution < 1.29 is 4.79 Å². The highest BCUT2D eigenvalue weighted by Gasteiger charge is 2.24. The molecule has 1 rings (SSSR count). The molecule has 1 aliphatic carbocycles. The number of aldehydes is 1. The van der Waals surface area contributed by atoms with Gasteiger partial charge in [-0.05, 0) is 13.3 Å². The van der Waals surface area contributed by atoms with E-state index in [2.05, 4.69) is 15.9 Å². The molecule has 1 saturated carbocycles. The average Bonchev–Trinajstić information content (AvgIpc) is 2.88. The molecule has 14 heavy (non-hydrogen) atoms. The SMILES string of the molecule is C\C=C/C=C(C=O)\C=C/C=C1/CC1Br. The van der Waals surface area contributed by atoms with E-state index in [9.17, 15) is 4.79 Å². The van der Waals surface area contributed by atoms with Gasteiger partial charge in [0.05, 0.1) is 0 Å². The zero-order valence-electron chi connectivity index (χ0n) is 8.11. The molecule has 1 fully saturated rings. The van der Waals surface area contributed by atoms with Gasteiger partial charge in [-0.3, -0.25) is 4.79 Å². The maximum atomic E-state index is 10.6. The molecule has 0 spiro atoms. The summed E-state index contributed by atoms with van der Waals surface area (Å²) in [6, 6.07) is 0. The standard InChI is InChI=1S/C12H13BrO/c1-2-3-5-10(9-14)6-4-7-11-8-12(11)13/h2-7,9,12H,8H2,1H3/b3-2-,6-4-,10-5+,11-7-. The smallest absolute Gasteiger partial charge is 0.150 e. The summed E-state index contributed by atoms with van der Waals surface area (Å²) in [4.78, 5) is 11.1. The van der Waals surface area contributed by atoms with Gasteiger partial charge < -0.3 is 0 Å². The van der Waals surface area contributed by atoms with Crippen molar-refractivity contribution in [3.8, 4) is 0 Å². The Morgan fingerprint density at radius 3 is 2.71 bits per heavy atom. The molecule has 0 aromatic rings. The Bertz CT molecular complexity index is 321. The van der Waals surface area contributed by atoms with Crippen molar-refractivity contribution in [2.24, 2.45) is 0 Å². The summed E-state index contributed by atoms with van der Waals surface area (Å²) in [7, 11) is 0. The minimum atomic E-state index is 0.561. The fraction of sp³-hybridized carbons (Fsp3) is 0.250. The Kier molecular flexibility index (Phi) is 4.60. The summed E-state index contributed by atoms with van der Waals surface area (Å²) < 4.78 is 0. The topological polar surface area (TPSA) is 17.1 Å². The van der Waals surface area contributed by atoms with Crippen LogP contribution in [0.5, 0.6) is 0 Å². The normalized spacial score (nSPS) is 25.1. The zero-order chi connectivity index (χ0) is 10.4. The van der Waals surface area contributed by atoms with Crippen LogP contribution in [0.15, 0.2) is 47.6 Å². The van der Waals surface area contributed by atoms with E-state index in [0.717, 1.165) is 12.7 Å². The third-order valence-corrected chi connectivity index (χ3v) is 2.79. The molecule has 1 unspecified atom stereocenters. The quantitative estimate of drug-likeness (QED) is 0.325. The zero-order valence-corrected chi connectivity index (χ0v) is 9.70. The molecule has 0 bridgehead atoms. The summed E-state index contributed by atoms with van der Waals surface area (Å²) >= 11 is 3.48. The van der Waals surface area contributed by atoms with Gasteiger partial charge in [0, 0.05) is 10.4 Å². The van der Waals surface area contributed by atoms with Gasteiger partial charge >= 0.3 is 0 Å². The van der Waals surface area contributed by atoms with Crippen molar-refractivity contribution in [3.05, 3.63) is 47.6 Å². The summed E-state index contributed by atoms with van der Waals surface area (Å²) in [6.07, 6.45) is 13.3. The molecular weight excluding hydrogens is 240 g/mol. The van der Waals surface area contributed by atoms with Crippen LogP contribution in [0.4, 0.5) is 0 Å². The van der Waals surface area contributed by atoms with Crippen LogP contribution in [0.1, 0.15) is 13.3 Å². The maximum absolute atomic E-state index is 10.6. The van der Waals surface area contributed by atoms with E-state index in [1.54, 1.807) is 6.08 Å². The van der Waals surface area contributed by atoms with Gasteiger partial charge in [-0.25, -0.2) is 0 Å². The molecule has 0 radical (unpaired) electrons. The Morgan fingerprint density at radius 2 is 2.21 bits per heavy atom. The minimum Gasteiger partial charge on any atom is -0.298 e. The number of halogens is 1. The molecule has 0 N–H and O–H groups in total. The van der Waals surface area contributed by atoms with E-state index in [1.165, 1.54) is 5.57 Å². The average molecular weight is 253 g/mol. The first-order valence-electron chi connectivity index (χ1n) is 4.57. The highest BCUT2D eigenvalue weighted by atomic mass is 79.9. The molecule has 0 saturated heterocycles. The van der Waals surface area contributed by atoms with Gasteiger partial charge in [0.25, 0.3) is 0 Å². The molecule has 74 valence electrons. The maximum Gasteiger partial charge on any atom is 0.150 e. The summed E-state index contributed by atoms with van der Waals surface area (Å²) in [5.74, 6) is 0. The Balaban J connectivity index is 2.52. The van der Waals surface area contributed by atoms with Crippen LogP contribution in [-0.4, -0.2) is 11.1 Å². The molecule has 0 aromatic carbocycles. The molecule has 0 heterocycles. The second kappa shape index (κ2) is 5.76. The van der Waals surface area contributed by atoms with Gasteiger partial charge in [0.2, 0.25) is 0 Å². The number of allylic oxidation sites excluding steroid dienone is 8. The van der Waals surface area contributed by atoms with Crippen LogP contribution < -0.4 is 0 Å². The second-order valence-corrected chi connectivity index (χ2v) is 4.19. The predicted octanol–water partition coefficient (Wildman–Crippen LogP) is 3.34. The van der Waals surface area contributed by atoms with Crippen molar-refractivity contribution in [2.75, 3.05) is 0 Å². The van der Waals surface area contributed by atoms with Crippen LogP contribution in [0.25, 0.3) is 0 Å². The van der Waals surface area contributed by atoms with E-state index >= 15 is 0 Å². The van der Waals surface area contributed by atoms with Crippen LogP contribution >= 0.6 is 15.9 Å². The van der Waals surface area contributed by atoms with Gasteiger partial charge in [-0.1, -0.05) is 58.0 Å². The highest BCUT2D eigenvalue weighted by Crippen LogP contribution is 2.36. The third kappa shape index (κ3) is 3.88. The molecule has 1 nitrogen and oxygen atoms in total. The number of rotatable bonds is 4. The molecular formula is C12H13BrO. The fourth-order valence-corrected chi connectivity index (χ4v) is 1.47. The van der Waals surface area contributed by atoms with Crippen LogP contribution in [-0.2, 0) is 4.79 Å². The number of hydrogen-bond donors (Lipinski definition) is 0. The summed E-state index contributed by atoms with van der Waals surface area (Å²) in [6.45, 7) is 1.92. The van der Waals surface area contributed by atoms with Crippen molar-refractivity contribution >= 4 is 22.2 Å². The van der Waals surface area contributed by atoms with Gasteiger partial charge in [0.1, 0.15) is 6.29 Å². The highest BCUT2D eigenvalue weighted by molar-refractivity contribution is 9.09. The lowest BCUT2D eigenvalue weighted by Gasteiger charge is -1.84. The van der Waals surface area contributed by atoms with E-state index in [4.69, 9.17) is 0 Å². The molecule has 0 aliphatic heterocycles. The summed E-state index contributed by atoms with van der Waals surface area (Å²) in [5, 5.41) is 0. The first-order valence-corrected chi connectivity index (χ1v) is 5.49. The Labute approximate surface area is 93.0 Å². The van der Waals surface area contributed by atoms with Crippen molar-refractivity contribution in [1.82, 2.24) is 0 Å². The first kappa shape index (κ1) is 11.2. The van der Waals surface area contributed by atoms with Gasteiger partial charge in [-0.15, -0.1) is 0 Å². The van der Waals surface area contributed by atoms with Crippen molar-refractivity contribution in [3.63, 3.8) is 0 Å². The number of carbonyl (C=O) groups excluding carboxylic acids is 1. The molecule has 2 heteroatoms. The molecule has 1 atom stereocenters. The molecule has 0 aromatic heterocycles. The van der Waals surface area contributed by atoms with E-state index < -0.39 is 0 Å². The van der Waals surface area contributed by atoms with E-state index in [0.29, 0.717) is 10.4 Å².